The molecule has 0 saturated heterocycles. The maximum Gasteiger partial charge on any atom is 0.160 e. The van der Waals surface area contributed by atoms with Gasteiger partial charge in [-0.15, -0.1) is 0 Å². The third-order valence-electron chi connectivity index (χ3n) is 10.8. The molecule has 11 aromatic rings. The number of hydrogen-bond donors (Lipinski definition) is 0. The Bertz CT molecular complexity index is 3180. The Balaban J connectivity index is 1.05. The van der Waals surface area contributed by atoms with Gasteiger partial charge in [0, 0.05) is 61.4 Å². The molecule has 4 aromatic heterocycles. The van der Waals surface area contributed by atoms with Crippen LogP contribution in [0.3, 0.4) is 0 Å². The van der Waals surface area contributed by atoms with Crippen molar-refractivity contribution in [3.63, 3.8) is 0 Å². The van der Waals surface area contributed by atoms with E-state index >= 15 is 0 Å². The van der Waals surface area contributed by atoms with E-state index in [1.165, 1.54) is 16.2 Å². The summed E-state index contributed by atoms with van der Waals surface area (Å²) in [6, 6.07) is 68.1. The standard InChI is InChI=1S/C51H33N5/c1-4-15-34(16-5-1)45-32-46(35-17-6-2-7-18-35)54-50(53-45)37-19-14-22-40(29-37)55-47-25-12-10-23-41(47)43-30-36(27-28-49(43)55)38-31-44-42-24-11-13-26-48(42)56(51(44)52-33-38)39-20-8-3-9-21-39/h1-33H. The van der Waals surface area contributed by atoms with Crippen molar-refractivity contribution in [2.24, 2.45) is 0 Å². The van der Waals surface area contributed by atoms with Gasteiger partial charge in [0.2, 0.25) is 0 Å². The molecule has 11 rings (SSSR count). The van der Waals surface area contributed by atoms with E-state index in [0.717, 1.165) is 78.2 Å². The van der Waals surface area contributed by atoms with Gasteiger partial charge in [0.1, 0.15) is 5.65 Å². The van der Waals surface area contributed by atoms with E-state index in [-0.39, 0.29) is 0 Å². The number of aromatic nitrogens is 5. The maximum atomic E-state index is 5.12. The van der Waals surface area contributed by atoms with Gasteiger partial charge in [-0.3, -0.25) is 4.57 Å². The van der Waals surface area contributed by atoms with E-state index in [0.29, 0.717) is 5.82 Å². The van der Waals surface area contributed by atoms with Crippen LogP contribution in [0.25, 0.3) is 100 Å². The normalized spacial score (nSPS) is 11.6. The van der Waals surface area contributed by atoms with Crippen LogP contribution in [0.1, 0.15) is 0 Å². The molecule has 0 N–H and O–H groups in total. The van der Waals surface area contributed by atoms with Crippen LogP contribution in [0, 0.1) is 0 Å². The fourth-order valence-corrected chi connectivity index (χ4v) is 8.15. The highest BCUT2D eigenvalue weighted by Crippen LogP contribution is 2.38. The minimum Gasteiger partial charge on any atom is -0.309 e. The number of hydrogen-bond acceptors (Lipinski definition) is 3. The molecule has 5 heteroatoms. The summed E-state index contributed by atoms with van der Waals surface area (Å²) in [4.78, 5) is 15.3. The lowest BCUT2D eigenvalue weighted by Gasteiger charge is -2.12. The first kappa shape index (κ1) is 31.9. The van der Waals surface area contributed by atoms with Gasteiger partial charge in [-0.05, 0) is 66.2 Å². The van der Waals surface area contributed by atoms with Crippen LogP contribution < -0.4 is 0 Å². The van der Waals surface area contributed by atoms with Gasteiger partial charge in [-0.2, -0.15) is 0 Å². The van der Waals surface area contributed by atoms with Crippen LogP contribution in [0.15, 0.2) is 200 Å². The Morgan fingerprint density at radius 3 is 1.55 bits per heavy atom. The zero-order valence-electron chi connectivity index (χ0n) is 30.3. The predicted molar refractivity (Wildman–Crippen MR) is 230 cm³/mol. The minimum atomic E-state index is 0.687. The van der Waals surface area contributed by atoms with Crippen molar-refractivity contribution in [2.45, 2.75) is 0 Å². The molecule has 0 aliphatic carbocycles. The highest BCUT2D eigenvalue weighted by molar-refractivity contribution is 6.12. The van der Waals surface area contributed by atoms with Gasteiger partial charge >= 0.3 is 0 Å². The molecule has 0 spiro atoms. The van der Waals surface area contributed by atoms with Crippen LogP contribution >= 0.6 is 0 Å². The lowest BCUT2D eigenvalue weighted by atomic mass is 10.0. The molecule has 0 amide bonds. The van der Waals surface area contributed by atoms with Crippen molar-refractivity contribution in [1.29, 1.82) is 0 Å². The first-order valence-electron chi connectivity index (χ1n) is 18.9. The van der Waals surface area contributed by atoms with Crippen molar-refractivity contribution in [3.8, 4) is 56.4 Å². The first-order chi connectivity index (χ1) is 27.8. The van der Waals surface area contributed by atoms with E-state index in [1.54, 1.807) is 0 Å². The summed E-state index contributed by atoms with van der Waals surface area (Å²) in [5, 5.41) is 4.70. The fourth-order valence-electron chi connectivity index (χ4n) is 8.15. The molecule has 0 aliphatic heterocycles. The summed E-state index contributed by atoms with van der Waals surface area (Å²) in [5.41, 5.74) is 13.6. The van der Waals surface area contributed by atoms with Gasteiger partial charge in [-0.1, -0.05) is 133 Å². The Morgan fingerprint density at radius 1 is 0.321 bits per heavy atom. The Morgan fingerprint density at radius 2 is 0.857 bits per heavy atom. The van der Waals surface area contributed by atoms with Crippen LogP contribution in [-0.4, -0.2) is 24.1 Å². The molecule has 0 fully saturated rings. The van der Waals surface area contributed by atoms with Crippen molar-refractivity contribution in [2.75, 3.05) is 0 Å². The Labute approximate surface area is 323 Å². The van der Waals surface area contributed by atoms with Crippen molar-refractivity contribution >= 4 is 43.7 Å². The van der Waals surface area contributed by atoms with Gasteiger partial charge < -0.3 is 4.57 Å². The van der Waals surface area contributed by atoms with Crippen LogP contribution in [0.5, 0.6) is 0 Å². The predicted octanol–water partition coefficient (Wildman–Crippen LogP) is 12.7. The molecule has 0 radical (unpaired) electrons. The molecule has 4 heterocycles. The molecule has 0 saturated carbocycles. The Hall–Kier alpha value is -7.63. The highest BCUT2D eigenvalue weighted by Gasteiger charge is 2.18. The molecule has 56 heavy (non-hydrogen) atoms. The van der Waals surface area contributed by atoms with E-state index in [4.69, 9.17) is 15.0 Å². The smallest absolute Gasteiger partial charge is 0.160 e. The second kappa shape index (κ2) is 13.0. The lowest BCUT2D eigenvalue weighted by Crippen LogP contribution is -1.98. The lowest BCUT2D eigenvalue weighted by molar-refractivity contribution is 1.14. The molecule has 0 atom stereocenters. The minimum absolute atomic E-state index is 0.687. The van der Waals surface area contributed by atoms with Crippen molar-refractivity contribution in [3.05, 3.63) is 200 Å². The third-order valence-corrected chi connectivity index (χ3v) is 10.8. The van der Waals surface area contributed by atoms with E-state index in [1.807, 2.05) is 48.7 Å². The van der Waals surface area contributed by atoms with E-state index in [9.17, 15) is 0 Å². The van der Waals surface area contributed by atoms with Crippen LogP contribution in [-0.2, 0) is 0 Å². The topological polar surface area (TPSA) is 48.5 Å². The number of pyridine rings is 1. The van der Waals surface area contributed by atoms with Gasteiger partial charge in [0.15, 0.2) is 5.82 Å². The molecule has 0 bridgehead atoms. The molecule has 0 aliphatic rings. The summed E-state index contributed by atoms with van der Waals surface area (Å²) in [6.07, 6.45) is 2.01. The average Bonchev–Trinajstić information content (AvgIpc) is 3.79. The molecule has 5 nitrogen and oxygen atoms in total. The number of benzene rings is 7. The number of nitrogens with zero attached hydrogens (tertiary/aromatic N) is 5. The third kappa shape index (κ3) is 5.29. The fraction of sp³-hybridized carbons (Fsp3) is 0. The van der Waals surface area contributed by atoms with Gasteiger partial charge in [-0.25, -0.2) is 15.0 Å². The molecule has 0 unspecified atom stereocenters. The zero-order chi connectivity index (χ0) is 37.0. The van der Waals surface area contributed by atoms with Gasteiger partial charge in [0.25, 0.3) is 0 Å². The molecule has 262 valence electrons. The monoisotopic (exact) mass is 715 g/mol. The number of para-hydroxylation sites is 3. The summed E-state index contributed by atoms with van der Waals surface area (Å²) in [6.45, 7) is 0. The molecular formula is C51H33N5. The van der Waals surface area contributed by atoms with Crippen molar-refractivity contribution < 1.29 is 0 Å². The zero-order valence-corrected chi connectivity index (χ0v) is 30.3. The summed E-state index contributed by atoms with van der Waals surface area (Å²) in [7, 11) is 0. The van der Waals surface area contributed by atoms with Gasteiger partial charge in [0.05, 0.1) is 27.9 Å². The Kier molecular flexibility index (Phi) is 7.42. The number of rotatable bonds is 6. The maximum absolute atomic E-state index is 5.12. The first-order valence-corrected chi connectivity index (χ1v) is 18.9. The second-order valence-corrected chi connectivity index (χ2v) is 14.1. The second-order valence-electron chi connectivity index (χ2n) is 14.1. The summed E-state index contributed by atoms with van der Waals surface area (Å²) in [5.74, 6) is 0.687. The largest absolute Gasteiger partial charge is 0.309 e. The van der Waals surface area contributed by atoms with Crippen molar-refractivity contribution in [1.82, 2.24) is 24.1 Å². The SMILES string of the molecule is c1ccc(-c2cc(-c3ccccc3)nc(-c3cccc(-n4c5ccccc5c5cc(-c6cnc7c(c6)c6ccccc6n7-c6ccccc6)ccc54)c3)n2)cc1. The van der Waals surface area contributed by atoms with Crippen LogP contribution in [0.4, 0.5) is 0 Å². The highest BCUT2D eigenvalue weighted by atomic mass is 15.0. The van der Waals surface area contributed by atoms with Crippen LogP contribution in [0.2, 0.25) is 0 Å². The quantitative estimate of drug-likeness (QED) is 0.172. The number of fused-ring (bicyclic) bond motifs is 6. The molecule has 7 aromatic carbocycles. The summed E-state index contributed by atoms with van der Waals surface area (Å²) < 4.78 is 4.61. The molecular weight excluding hydrogens is 683 g/mol. The summed E-state index contributed by atoms with van der Waals surface area (Å²) >= 11 is 0. The van der Waals surface area contributed by atoms with E-state index < -0.39 is 0 Å². The van der Waals surface area contributed by atoms with E-state index in [2.05, 4.69) is 161 Å². The average molecular weight is 716 g/mol.